The minimum atomic E-state index is -1.32. The summed E-state index contributed by atoms with van der Waals surface area (Å²) in [5, 5.41) is 18.7. The van der Waals surface area contributed by atoms with Crippen molar-refractivity contribution in [3.05, 3.63) is 190 Å². The Morgan fingerprint density at radius 2 is 1.23 bits per heavy atom. The third kappa shape index (κ3) is 6.72. The molecule has 9 nitrogen and oxygen atoms in total. The topological polar surface area (TPSA) is 122 Å². The van der Waals surface area contributed by atoms with Crippen LogP contribution in [0.4, 0.5) is 17.1 Å². The van der Waals surface area contributed by atoms with E-state index in [1.54, 1.807) is 43.8 Å². The van der Waals surface area contributed by atoms with Crippen molar-refractivity contribution in [1.82, 2.24) is 8.75 Å². The van der Waals surface area contributed by atoms with Crippen LogP contribution in [0.1, 0.15) is 39.1 Å². The average molecular weight is 875 g/mol. The smallest absolute Gasteiger partial charge is 0.346 e. The lowest BCUT2D eigenvalue weighted by Crippen LogP contribution is -2.28. The van der Waals surface area contributed by atoms with Crippen LogP contribution in [0, 0.1) is 25.2 Å². The van der Waals surface area contributed by atoms with E-state index in [-0.39, 0.29) is 5.76 Å². The third-order valence-electron chi connectivity index (χ3n) is 11.9. The molecule has 1 N–H and O–H groups in total. The van der Waals surface area contributed by atoms with Crippen LogP contribution < -0.4 is 14.4 Å². The van der Waals surface area contributed by atoms with Crippen molar-refractivity contribution in [2.75, 3.05) is 19.1 Å². The van der Waals surface area contributed by atoms with Crippen molar-refractivity contribution in [3.63, 3.8) is 0 Å². The quantitative estimate of drug-likeness (QED) is 0.0999. The number of fused-ring (bicyclic) bond motifs is 4. The Balaban J connectivity index is 1.18. The van der Waals surface area contributed by atoms with Gasteiger partial charge in [0.2, 0.25) is 0 Å². The Kier molecular flexibility index (Phi) is 10.2. The van der Waals surface area contributed by atoms with Crippen molar-refractivity contribution in [2.24, 2.45) is 0 Å². The minimum Gasteiger partial charge on any atom is -0.497 e. The van der Waals surface area contributed by atoms with Crippen molar-refractivity contribution in [1.29, 1.82) is 5.26 Å². The molecule has 0 unspecified atom stereocenters. The van der Waals surface area contributed by atoms with Gasteiger partial charge in [0.05, 0.1) is 31.4 Å². The molecule has 0 radical (unpaired) electrons. The minimum absolute atomic E-state index is 0.255. The van der Waals surface area contributed by atoms with Crippen LogP contribution in [0.2, 0.25) is 0 Å². The highest BCUT2D eigenvalue weighted by atomic mass is 32.1. The average Bonchev–Trinajstić information content (AvgIpc) is 4.14. The van der Waals surface area contributed by atoms with Gasteiger partial charge in [-0.3, -0.25) is 0 Å². The molecule has 9 aromatic rings. The number of methoxy groups -OCH3 is 2. The number of hydrogen-bond donors (Lipinski definition) is 1. The molecule has 3 heterocycles. The van der Waals surface area contributed by atoms with E-state index >= 15 is 0 Å². The predicted molar refractivity (Wildman–Crippen MR) is 254 cm³/mol. The molecule has 0 spiro atoms. The molecular weight excluding hydrogens is 837 g/mol. The molecule has 64 heavy (non-hydrogen) atoms. The molecule has 0 atom stereocenters. The summed E-state index contributed by atoms with van der Waals surface area (Å²) in [5.41, 5.74) is 13.1. The number of nitrogens with zero attached hydrogens (tertiary/aromatic N) is 4. The van der Waals surface area contributed by atoms with E-state index in [9.17, 15) is 15.2 Å². The maximum Gasteiger partial charge on any atom is 0.346 e. The first-order valence-corrected chi connectivity index (χ1v) is 22.0. The maximum atomic E-state index is 11.5. The molecule has 0 bridgehead atoms. The fourth-order valence-corrected chi connectivity index (χ4v) is 10.6. The van der Waals surface area contributed by atoms with Gasteiger partial charge in [0, 0.05) is 44.0 Å². The highest BCUT2D eigenvalue weighted by Crippen LogP contribution is 2.61. The number of carboxylic acid groups (broad SMARTS) is 1. The van der Waals surface area contributed by atoms with Gasteiger partial charge >= 0.3 is 5.97 Å². The zero-order chi connectivity index (χ0) is 44.1. The van der Waals surface area contributed by atoms with E-state index in [1.165, 1.54) is 33.2 Å². The van der Waals surface area contributed by atoms with Crippen LogP contribution in [0.3, 0.4) is 0 Å². The number of aliphatic carboxylic acids is 1. The molecule has 0 saturated carbocycles. The number of nitriles is 1. The summed E-state index contributed by atoms with van der Waals surface area (Å²) in [4.78, 5) is 16.0. The Labute approximate surface area is 377 Å². The molecule has 1 aliphatic rings. The van der Waals surface area contributed by atoms with Gasteiger partial charge in [0.1, 0.15) is 45.7 Å². The van der Waals surface area contributed by atoms with Gasteiger partial charge in [-0.15, -0.1) is 11.3 Å². The number of aryl methyl sites for hydroxylation is 2. The number of ether oxygens (including phenoxy) is 2. The molecule has 0 aliphatic heterocycles. The van der Waals surface area contributed by atoms with Crippen molar-refractivity contribution >= 4 is 63.2 Å². The zero-order valence-electron chi connectivity index (χ0n) is 35.1. The van der Waals surface area contributed by atoms with E-state index in [0.717, 1.165) is 78.5 Å². The van der Waals surface area contributed by atoms with E-state index in [1.807, 2.05) is 30.3 Å². The number of benzene rings is 6. The highest BCUT2D eigenvalue weighted by Gasteiger charge is 2.48. The number of carboxylic acids is 1. The monoisotopic (exact) mass is 874 g/mol. The number of anilines is 3. The van der Waals surface area contributed by atoms with Gasteiger partial charge in [0.15, 0.2) is 0 Å². The summed E-state index contributed by atoms with van der Waals surface area (Å²) in [6.45, 7) is 4.24. The number of hydrogen-bond acceptors (Lipinski definition) is 10. The third-order valence-corrected chi connectivity index (χ3v) is 13.6. The normalized spacial score (nSPS) is 12.7. The molecular formula is C53H38N4O5S2. The number of carbonyl (C=O) groups is 1. The lowest BCUT2D eigenvalue weighted by molar-refractivity contribution is -0.132. The predicted octanol–water partition coefficient (Wildman–Crippen LogP) is 13.1. The van der Waals surface area contributed by atoms with Gasteiger partial charge < -0.3 is 23.9 Å². The first kappa shape index (κ1) is 40.3. The van der Waals surface area contributed by atoms with Crippen molar-refractivity contribution < 1.29 is 23.8 Å². The molecule has 10 rings (SSSR count). The lowest BCUT2D eigenvalue weighted by Gasteiger charge is -2.34. The van der Waals surface area contributed by atoms with E-state index in [4.69, 9.17) is 22.6 Å². The molecule has 0 saturated heterocycles. The molecule has 0 amide bonds. The maximum absolute atomic E-state index is 11.5. The standard InChI is InChI=1S/C53H38N4O5S2/c1-31-5-9-34(10-6-31)53(35-11-7-32(2)8-12-35)45-28-38(57(36-13-18-39(60-3)19-14-36)37-15-20-40(61-4)21-16-37)17-23-42(45)51-46(53)29-48(63-51)44-25-24-43(49-50(44)56-64-55-49)47-26-22-41(62-47)27-33(30-54)52(58)59/h5-29H,1-4H3,(H,58,59)/b33-27+. The second-order valence-corrected chi connectivity index (χ2v) is 17.2. The van der Waals surface area contributed by atoms with Crippen LogP contribution in [0.15, 0.2) is 156 Å². The molecule has 312 valence electrons. The van der Waals surface area contributed by atoms with E-state index < -0.39 is 17.0 Å². The van der Waals surface area contributed by atoms with Crippen LogP contribution in [-0.2, 0) is 10.2 Å². The van der Waals surface area contributed by atoms with Crippen LogP contribution in [0.25, 0.3) is 49.3 Å². The zero-order valence-corrected chi connectivity index (χ0v) is 36.8. The lowest BCUT2D eigenvalue weighted by atomic mass is 9.67. The van der Waals surface area contributed by atoms with Crippen LogP contribution in [-0.4, -0.2) is 34.0 Å². The summed E-state index contributed by atoms with van der Waals surface area (Å²) in [5.74, 6) is 0.987. The van der Waals surface area contributed by atoms with Crippen molar-refractivity contribution in [2.45, 2.75) is 19.3 Å². The summed E-state index contributed by atoms with van der Waals surface area (Å²) < 4.78 is 26.7. The second-order valence-electron chi connectivity index (χ2n) is 15.6. The van der Waals surface area contributed by atoms with Crippen LogP contribution >= 0.6 is 23.1 Å². The summed E-state index contributed by atoms with van der Waals surface area (Å²) in [6, 6.07) is 52.4. The highest BCUT2D eigenvalue weighted by molar-refractivity contribution is 7.19. The molecule has 3 aromatic heterocycles. The number of aromatic nitrogens is 2. The van der Waals surface area contributed by atoms with Crippen LogP contribution in [0.5, 0.6) is 11.5 Å². The first-order chi connectivity index (χ1) is 31.2. The largest absolute Gasteiger partial charge is 0.497 e. The summed E-state index contributed by atoms with van der Waals surface area (Å²) in [7, 11) is 3.36. The van der Waals surface area contributed by atoms with E-state index in [0.29, 0.717) is 11.3 Å². The SMILES string of the molecule is COc1ccc(N(c2ccc(OC)cc2)c2ccc3c(c2)C(c2ccc(C)cc2)(c2ccc(C)cc2)c2cc(-c4ccc(-c5ccc(/C=C(\C#N)C(=O)O)o5)c5nsnc45)sc2-3)cc1. The first-order valence-electron chi connectivity index (χ1n) is 20.4. The molecule has 11 heteroatoms. The Morgan fingerprint density at radius 1 is 0.688 bits per heavy atom. The second kappa shape index (κ2) is 16.2. The fourth-order valence-electron chi connectivity index (χ4n) is 8.76. The van der Waals surface area contributed by atoms with E-state index in [2.05, 4.69) is 122 Å². The van der Waals surface area contributed by atoms with Gasteiger partial charge in [0.25, 0.3) is 0 Å². The van der Waals surface area contributed by atoms with Gasteiger partial charge in [-0.2, -0.15) is 14.0 Å². The summed E-state index contributed by atoms with van der Waals surface area (Å²) >= 11 is 2.87. The van der Waals surface area contributed by atoms with Crippen molar-refractivity contribution in [3.8, 4) is 49.8 Å². The summed E-state index contributed by atoms with van der Waals surface area (Å²) in [6.07, 6.45) is 1.22. The Morgan fingerprint density at radius 3 is 1.80 bits per heavy atom. The van der Waals surface area contributed by atoms with Gasteiger partial charge in [-0.25, -0.2) is 4.79 Å². The number of thiophene rings is 1. The fraction of sp³-hybridized carbons (Fsp3) is 0.0943. The molecule has 1 aliphatic carbocycles. The number of rotatable bonds is 11. The molecule has 0 fully saturated rings. The van der Waals surface area contributed by atoms with Gasteiger partial charge in [-0.05, 0) is 127 Å². The Hall–Kier alpha value is -7.78. The Bertz CT molecular complexity index is 3210. The number of furan rings is 1. The molecule has 6 aromatic carbocycles. The van der Waals surface area contributed by atoms with Gasteiger partial charge in [-0.1, -0.05) is 71.8 Å².